The minimum absolute atomic E-state index is 0.755. The van der Waals surface area contributed by atoms with E-state index in [2.05, 4.69) is 71.6 Å². The Morgan fingerprint density at radius 3 is 1.79 bits per heavy atom. The Labute approximate surface area is 148 Å². The summed E-state index contributed by atoms with van der Waals surface area (Å²) in [5.41, 5.74) is 5.63. The van der Waals surface area contributed by atoms with Gasteiger partial charge < -0.3 is 4.90 Å². The van der Waals surface area contributed by atoms with Crippen LogP contribution < -0.4 is 4.90 Å². The predicted molar refractivity (Wildman–Crippen MR) is 106 cm³/mol. The fourth-order valence-corrected chi connectivity index (χ4v) is 2.86. The van der Waals surface area contributed by atoms with E-state index in [4.69, 9.17) is 11.6 Å². The van der Waals surface area contributed by atoms with E-state index in [0.29, 0.717) is 0 Å². The lowest BCUT2D eigenvalue weighted by atomic mass is 9.95. The number of hydrogen-bond acceptors (Lipinski definition) is 1. The standard InChI is InChI=1S/C22H20ClN/c1-24(2)20-14-13-19(22(23)16-20)15-21(17-9-5-3-6-10-17)18-11-7-4-8-12-18/h3-16H,1-2H3. The van der Waals surface area contributed by atoms with E-state index in [9.17, 15) is 0 Å². The van der Waals surface area contributed by atoms with E-state index in [1.54, 1.807) is 0 Å². The molecule has 0 aliphatic rings. The molecule has 0 bridgehead atoms. The zero-order valence-corrected chi connectivity index (χ0v) is 14.7. The molecule has 0 atom stereocenters. The van der Waals surface area contributed by atoms with Crippen LogP contribution in [0.3, 0.4) is 0 Å². The van der Waals surface area contributed by atoms with Gasteiger partial charge in [-0.3, -0.25) is 0 Å². The number of benzene rings is 3. The third kappa shape index (κ3) is 3.69. The van der Waals surface area contributed by atoms with Gasteiger partial charge in [-0.15, -0.1) is 0 Å². The maximum absolute atomic E-state index is 6.52. The molecule has 0 saturated carbocycles. The van der Waals surface area contributed by atoms with Crippen LogP contribution in [0.2, 0.25) is 5.02 Å². The highest BCUT2D eigenvalue weighted by Gasteiger charge is 2.07. The second-order valence-electron chi connectivity index (χ2n) is 5.89. The second kappa shape index (κ2) is 7.37. The normalized spacial score (nSPS) is 10.3. The Morgan fingerprint density at radius 2 is 1.33 bits per heavy atom. The summed E-state index contributed by atoms with van der Waals surface area (Å²) < 4.78 is 0. The van der Waals surface area contributed by atoms with Crippen LogP contribution in [0.1, 0.15) is 16.7 Å². The molecule has 0 spiro atoms. The lowest BCUT2D eigenvalue weighted by Crippen LogP contribution is -2.08. The van der Waals surface area contributed by atoms with Crippen molar-refractivity contribution in [3.63, 3.8) is 0 Å². The molecule has 0 aromatic heterocycles. The topological polar surface area (TPSA) is 3.24 Å². The monoisotopic (exact) mass is 333 g/mol. The van der Waals surface area contributed by atoms with Crippen LogP contribution in [0.15, 0.2) is 78.9 Å². The van der Waals surface area contributed by atoms with Gasteiger partial charge in [0.1, 0.15) is 0 Å². The third-order valence-corrected chi connectivity index (χ3v) is 4.30. The third-order valence-electron chi connectivity index (χ3n) is 3.97. The number of rotatable bonds is 4. The van der Waals surface area contributed by atoms with Crippen LogP contribution in [-0.4, -0.2) is 14.1 Å². The molecule has 0 N–H and O–H groups in total. The summed E-state index contributed by atoms with van der Waals surface area (Å²) in [5, 5.41) is 0.755. The molecule has 0 heterocycles. The molecule has 0 unspecified atom stereocenters. The van der Waals surface area contributed by atoms with Crippen LogP contribution in [0.5, 0.6) is 0 Å². The van der Waals surface area contributed by atoms with Gasteiger partial charge in [0.25, 0.3) is 0 Å². The first-order valence-electron chi connectivity index (χ1n) is 7.94. The summed E-state index contributed by atoms with van der Waals surface area (Å²) in [6, 6.07) is 27.0. The van der Waals surface area contributed by atoms with E-state index in [-0.39, 0.29) is 0 Å². The molecule has 0 radical (unpaired) electrons. The van der Waals surface area contributed by atoms with Gasteiger partial charge in [0, 0.05) is 24.8 Å². The van der Waals surface area contributed by atoms with Crippen molar-refractivity contribution < 1.29 is 0 Å². The Kier molecular flexibility index (Phi) is 5.02. The van der Waals surface area contributed by atoms with Gasteiger partial charge >= 0.3 is 0 Å². The van der Waals surface area contributed by atoms with Crippen molar-refractivity contribution >= 4 is 28.9 Å². The zero-order chi connectivity index (χ0) is 16.9. The molecule has 0 aliphatic carbocycles. The van der Waals surface area contributed by atoms with Gasteiger partial charge in [-0.2, -0.15) is 0 Å². The van der Waals surface area contributed by atoms with Crippen molar-refractivity contribution in [3.8, 4) is 0 Å². The van der Waals surface area contributed by atoms with Crippen LogP contribution in [0, 0.1) is 0 Å². The van der Waals surface area contributed by atoms with Gasteiger partial charge in [-0.25, -0.2) is 0 Å². The van der Waals surface area contributed by atoms with E-state index >= 15 is 0 Å². The van der Waals surface area contributed by atoms with Gasteiger partial charge in [0.2, 0.25) is 0 Å². The van der Waals surface area contributed by atoms with Crippen molar-refractivity contribution in [1.82, 2.24) is 0 Å². The average molecular weight is 334 g/mol. The Morgan fingerprint density at radius 1 is 0.792 bits per heavy atom. The fourth-order valence-electron chi connectivity index (χ4n) is 2.64. The summed E-state index contributed by atoms with van der Waals surface area (Å²) in [5.74, 6) is 0. The molecule has 3 aromatic carbocycles. The number of anilines is 1. The van der Waals surface area contributed by atoms with Crippen LogP contribution in [0.25, 0.3) is 11.6 Å². The Balaban J connectivity index is 2.11. The first kappa shape index (κ1) is 16.4. The molecule has 24 heavy (non-hydrogen) atoms. The molecular weight excluding hydrogens is 314 g/mol. The van der Waals surface area contributed by atoms with Crippen molar-refractivity contribution in [2.24, 2.45) is 0 Å². The summed E-state index contributed by atoms with van der Waals surface area (Å²) in [7, 11) is 4.03. The molecule has 0 fully saturated rings. The summed E-state index contributed by atoms with van der Waals surface area (Å²) in [6.07, 6.45) is 2.16. The van der Waals surface area contributed by atoms with Crippen LogP contribution in [-0.2, 0) is 0 Å². The van der Waals surface area contributed by atoms with E-state index < -0.39 is 0 Å². The molecule has 0 amide bonds. The van der Waals surface area contributed by atoms with Gasteiger partial charge in [-0.05, 0) is 40.5 Å². The number of nitrogens with zero attached hydrogens (tertiary/aromatic N) is 1. The first-order valence-corrected chi connectivity index (χ1v) is 8.32. The summed E-state index contributed by atoms with van der Waals surface area (Å²) in [6.45, 7) is 0. The molecule has 0 aliphatic heterocycles. The zero-order valence-electron chi connectivity index (χ0n) is 13.9. The van der Waals surface area contributed by atoms with E-state index in [1.807, 2.05) is 32.3 Å². The van der Waals surface area contributed by atoms with Crippen molar-refractivity contribution in [3.05, 3.63) is 101 Å². The molecule has 2 heteroatoms. The van der Waals surface area contributed by atoms with E-state index in [1.165, 1.54) is 11.1 Å². The highest BCUT2D eigenvalue weighted by atomic mass is 35.5. The molecule has 3 rings (SSSR count). The highest BCUT2D eigenvalue weighted by molar-refractivity contribution is 6.32. The quantitative estimate of drug-likeness (QED) is 0.530. The number of halogens is 1. The lowest BCUT2D eigenvalue weighted by molar-refractivity contribution is 1.13. The van der Waals surface area contributed by atoms with E-state index in [0.717, 1.165) is 21.8 Å². The van der Waals surface area contributed by atoms with Crippen molar-refractivity contribution in [2.45, 2.75) is 0 Å². The molecule has 120 valence electrons. The molecular formula is C22H20ClN. The summed E-state index contributed by atoms with van der Waals surface area (Å²) in [4.78, 5) is 2.05. The summed E-state index contributed by atoms with van der Waals surface area (Å²) >= 11 is 6.52. The minimum atomic E-state index is 0.755. The Bertz CT molecular complexity index is 795. The van der Waals surface area contributed by atoms with Gasteiger partial charge in [0.15, 0.2) is 0 Å². The SMILES string of the molecule is CN(C)c1ccc(C=C(c2ccccc2)c2ccccc2)c(Cl)c1. The first-order chi connectivity index (χ1) is 11.6. The average Bonchev–Trinajstić information content (AvgIpc) is 2.62. The highest BCUT2D eigenvalue weighted by Crippen LogP contribution is 2.30. The van der Waals surface area contributed by atoms with Gasteiger partial charge in [0.05, 0.1) is 0 Å². The Hall–Kier alpha value is -2.51. The van der Waals surface area contributed by atoms with Crippen molar-refractivity contribution in [1.29, 1.82) is 0 Å². The second-order valence-corrected chi connectivity index (χ2v) is 6.30. The predicted octanol–water partition coefficient (Wildman–Crippen LogP) is 5.99. The maximum atomic E-state index is 6.52. The van der Waals surface area contributed by atoms with Crippen LogP contribution >= 0.6 is 11.6 Å². The fraction of sp³-hybridized carbons (Fsp3) is 0.0909. The van der Waals surface area contributed by atoms with Crippen molar-refractivity contribution in [2.75, 3.05) is 19.0 Å². The largest absolute Gasteiger partial charge is 0.378 e. The van der Waals surface area contributed by atoms with Crippen LogP contribution in [0.4, 0.5) is 5.69 Å². The smallest absolute Gasteiger partial charge is 0.0499 e. The molecule has 0 saturated heterocycles. The lowest BCUT2D eigenvalue weighted by Gasteiger charge is -2.14. The number of hydrogen-bond donors (Lipinski definition) is 0. The molecule has 3 aromatic rings. The minimum Gasteiger partial charge on any atom is -0.378 e. The maximum Gasteiger partial charge on any atom is 0.0499 e. The molecule has 1 nitrogen and oxygen atoms in total. The van der Waals surface area contributed by atoms with Gasteiger partial charge in [-0.1, -0.05) is 78.3 Å².